The molecular formula is C22H26N2O. The first-order chi connectivity index (χ1) is 12.0. The lowest BCUT2D eigenvalue weighted by molar-refractivity contribution is 0.0910. The lowest BCUT2D eigenvalue weighted by atomic mass is 9.75. The van der Waals surface area contributed by atoms with Crippen LogP contribution in [0.4, 0.5) is 5.69 Å². The van der Waals surface area contributed by atoms with Crippen LogP contribution in [0, 0.1) is 5.41 Å². The molecule has 0 radical (unpaired) electrons. The Labute approximate surface area is 150 Å². The summed E-state index contributed by atoms with van der Waals surface area (Å²) < 4.78 is 0. The summed E-state index contributed by atoms with van der Waals surface area (Å²) in [6, 6.07) is 12.7. The standard InChI is InChI=1S/C22H26N2O/c1-22(2)14-20-18(21(25)15-22)9-10-19(23-20)16-7-6-8-17(13-16)24-11-4-3-5-12-24/h6-10,13H,3-5,11-12,14-15H2,1-2H3. The van der Waals surface area contributed by atoms with Crippen molar-refractivity contribution in [2.75, 3.05) is 18.0 Å². The Morgan fingerprint density at radius 1 is 1.00 bits per heavy atom. The zero-order valence-corrected chi connectivity index (χ0v) is 15.2. The van der Waals surface area contributed by atoms with Crippen molar-refractivity contribution in [2.45, 2.75) is 46.0 Å². The van der Waals surface area contributed by atoms with Crippen LogP contribution in [0.5, 0.6) is 0 Å². The number of fused-ring (bicyclic) bond motifs is 1. The first-order valence-electron chi connectivity index (χ1n) is 9.40. The van der Waals surface area contributed by atoms with Gasteiger partial charge in [-0.3, -0.25) is 9.78 Å². The van der Waals surface area contributed by atoms with Crippen molar-refractivity contribution in [3.05, 3.63) is 47.7 Å². The number of rotatable bonds is 2. The highest BCUT2D eigenvalue weighted by Gasteiger charge is 2.31. The van der Waals surface area contributed by atoms with E-state index in [1.807, 2.05) is 12.1 Å². The summed E-state index contributed by atoms with van der Waals surface area (Å²) >= 11 is 0. The lowest BCUT2D eigenvalue weighted by Crippen LogP contribution is -2.29. The van der Waals surface area contributed by atoms with Crippen LogP contribution in [-0.4, -0.2) is 23.9 Å². The second-order valence-corrected chi connectivity index (χ2v) is 8.23. The predicted octanol–water partition coefficient (Wildman–Crippen LogP) is 4.89. The number of ketones is 1. The van der Waals surface area contributed by atoms with Crippen LogP contribution in [-0.2, 0) is 6.42 Å². The van der Waals surface area contributed by atoms with Crippen LogP contribution in [0.2, 0.25) is 0 Å². The summed E-state index contributed by atoms with van der Waals surface area (Å²) in [4.78, 5) is 19.7. The van der Waals surface area contributed by atoms with E-state index in [2.05, 4.69) is 43.0 Å². The van der Waals surface area contributed by atoms with Gasteiger partial charge in [0.2, 0.25) is 0 Å². The Hall–Kier alpha value is -2.16. The molecule has 2 aromatic rings. The fourth-order valence-electron chi connectivity index (χ4n) is 4.11. The first-order valence-corrected chi connectivity index (χ1v) is 9.40. The van der Waals surface area contributed by atoms with Gasteiger partial charge in [0.05, 0.1) is 11.4 Å². The second-order valence-electron chi connectivity index (χ2n) is 8.23. The highest BCUT2D eigenvalue weighted by Crippen LogP contribution is 2.35. The van der Waals surface area contributed by atoms with E-state index >= 15 is 0 Å². The highest BCUT2D eigenvalue weighted by molar-refractivity contribution is 5.98. The molecule has 1 aromatic heterocycles. The number of pyridine rings is 1. The molecule has 0 atom stereocenters. The molecule has 0 amide bonds. The van der Waals surface area contributed by atoms with Crippen molar-refractivity contribution in [2.24, 2.45) is 5.41 Å². The largest absolute Gasteiger partial charge is 0.372 e. The molecule has 1 aliphatic carbocycles. The molecule has 1 fully saturated rings. The molecule has 1 saturated heterocycles. The van der Waals surface area contributed by atoms with Gasteiger partial charge in [-0.25, -0.2) is 0 Å². The SMILES string of the molecule is CC1(C)CC(=O)c2ccc(-c3cccc(N4CCCCC4)c3)nc2C1. The molecule has 0 N–H and O–H groups in total. The number of carbonyl (C=O) groups excluding carboxylic acids is 1. The number of nitrogens with zero attached hydrogens (tertiary/aromatic N) is 2. The van der Waals surface area contributed by atoms with E-state index in [9.17, 15) is 4.79 Å². The van der Waals surface area contributed by atoms with Crippen LogP contribution in [0.25, 0.3) is 11.3 Å². The fourth-order valence-corrected chi connectivity index (χ4v) is 4.11. The third kappa shape index (κ3) is 3.33. The minimum Gasteiger partial charge on any atom is -0.372 e. The zero-order chi connectivity index (χ0) is 17.4. The summed E-state index contributed by atoms with van der Waals surface area (Å²) in [6.45, 7) is 6.59. The van der Waals surface area contributed by atoms with E-state index in [1.54, 1.807) is 0 Å². The normalized spacial score (nSPS) is 19.6. The topological polar surface area (TPSA) is 33.2 Å². The smallest absolute Gasteiger partial charge is 0.165 e. The van der Waals surface area contributed by atoms with Crippen molar-refractivity contribution in [3.8, 4) is 11.3 Å². The molecular weight excluding hydrogens is 308 g/mol. The molecule has 0 saturated carbocycles. The summed E-state index contributed by atoms with van der Waals surface area (Å²) in [5.41, 5.74) is 5.18. The number of aromatic nitrogens is 1. The van der Waals surface area contributed by atoms with E-state index < -0.39 is 0 Å². The van der Waals surface area contributed by atoms with E-state index in [-0.39, 0.29) is 11.2 Å². The van der Waals surface area contributed by atoms with Gasteiger partial charge in [0.25, 0.3) is 0 Å². The number of piperidine rings is 1. The molecule has 3 nitrogen and oxygen atoms in total. The Morgan fingerprint density at radius 3 is 2.60 bits per heavy atom. The van der Waals surface area contributed by atoms with E-state index in [4.69, 9.17) is 4.98 Å². The molecule has 2 aliphatic rings. The second kappa shape index (κ2) is 6.29. The number of benzene rings is 1. The van der Waals surface area contributed by atoms with Gasteiger partial charge in [-0.05, 0) is 55.4 Å². The van der Waals surface area contributed by atoms with Gasteiger partial charge in [0, 0.05) is 36.3 Å². The van der Waals surface area contributed by atoms with Gasteiger partial charge in [0.1, 0.15) is 0 Å². The van der Waals surface area contributed by atoms with Crippen LogP contribution >= 0.6 is 0 Å². The first kappa shape index (κ1) is 16.3. The number of Topliss-reactive ketones (excluding diaryl/α,β-unsaturated/α-hetero) is 1. The molecule has 0 spiro atoms. The van der Waals surface area contributed by atoms with Crippen LogP contribution in [0.15, 0.2) is 36.4 Å². The number of hydrogen-bond acceptors (Lipinski definition) is 3. The average molecular weight is 334 g/mol. The molecule has 1 aliphatic heterocycles. The Kier molecular flexibility index (Phi) is 4.10. The molecule has 25 heavy (non-hydrogen) atoms. The van der Waals surface area contributed by atoms with Gasteiger partial charge in [-0.15, -0.1) is 0 Å². The molecule has 0 unspecified atom stereocenters. The van der Waals surface area contributed by atoms with E-state index in [1.165, 1.54) is 24.9 Å². The summed E-state index contributed by atoms with van der Waals surface area (Å²) in [6.07, 6.45) is 5.38. The lowest BCUT2D eigenvalue weighted by Gasteiger charge is -2.30. The van der Waals surface area contributed by atoms with Crippen molar-refractivity contribution >= 4 is 11.5 Å². The maximum Gasteiger partial charge on any atom is 0.165 e. The Balaban J connectivity index is 1.67. The number of anilines is 1. The van der Waals surface area contributed by atoms with Crippen LogP contribution in [0.1, 0.15) is 55.6 Å². The molecule has 130 valence electrons. The summed E-state index contributed by atoms with van der Waals surface area (Å²) in [7, 11) is 0. The quantitative estimate of drug-likeness (QED) is 0.783. The number of carbonyl (C=O) groups is 1. The van der Waals surface area contributed by atoms with Crippen molar-refractivity contribution in [1.82, 2.24) is 4.98 Å². The molecule has 1 aromatic carbocycles. The summed E-state index contributed by atoms with van der Waals surface area (Å²) in [5.74, 6) is 0.229. The molecule has 0 bridgehead atoms. The maximum atomic E-state index is 12.4. The monoisotopic (exact) mass is 334 g/mol. The van der Waals surface area contributed by atoms with Crippen molar-refractivity contribution in [1.29, 1.82) is 0 Å². The van der Waals surface area contributed by atoms with E-state index in [0.717, 1.165) is 42.0 Å². The third-order valence-electron chi connectivity index (χ3n) is 5.42. The average Bonchev–Trinajstić information content (AvgIpc) is 2.61. The molecule has 3 heteroatoms. The van der Waals surface area contributed by atoms with Gasteiger partial charge < -0.3 is 4.90 Å². The minimum atomic E-state index is 0.00531. The van der Waals surface area contributed by atoms with Gasteiger partial charge >= 0.3 is 0 Å². The third-order valence-corrected chi connectivity index (χ3v) is 5.42. The van der Waals surface area contributed by atoms with Gasteiger partial charge in [-0.1, -0.05) is 26.0 Å². The van der Waals surface area contributed by atoms with Crippen molar-refractivity contribution < 1.29 is 4.79 Å². The van der Waals surface area contributed by atoms with Crippen LogP contribution < -0.4 is 4.90 Å². The Bertz CT molecular complexity index is 803. The predicted molar refractivity (Wildman–Crippen MR) is 102 cm³/mol. The zero-order valence-electron chi connectivity index (χ0n) is 15.2. The summed E-state index contributed by atoms with van der Waals surface area (Å²) in [5, 5.41) is 0. The molecule has 2 heterocycles. The molecule has 4 rings (SSSR count). The number of hydrogen-bond donors (Lipinski definition) is 0. The van der Waals surface area contributed by atoms with Crippen molar-refractivity contribution in [3.63, 3.8) is 0 Å². The minimum absolute atomic E-state index is 0.00531. The highest BCUT2D eigenvalue weighted by atomic mass is 16.1. The van der Waals surface area contributed by atoms with E-state index in [0.29, 0.717) is 6.42 Å². The maximum absolute atomic E-state index is 12.4. The van der Waals surface area contributed by atoms with Gasteiger partial charge in [0.15, 0.2) is 5.78 Å². The Morgan fingerprint density at radius 2 is 1.80 bits per heavy atom. The van der Waals surface area contributed by atoms with Gasteiger partial charge in [-0.2, -0.15) is 0 Å². The van der Waals surface area contributed by atoms with Crippen LogP contribution in [0.3, 0.4) is 0 Å². The fraction of sp³-hybridized carbons (Fsp3) is 0.455.